The van der Waals surface area contributed by atoms with Crippen molar-refractivity contribution in [1.29, 1.82) is 0 Å². The number of anilines is 2. The molecule has 1 fully saturated rings. The highest BCUT2D eigenvalue weighted by molar-refractivity contribution is 6.06. The van der Waals surface area contributed by atoms with Crippen LogP contribution in [0.15, 0.2) is 47.1 Å². The van der Waals surface area contributed by atoms with Gasteiger partial charge in [-0.2, -0.15) is 0 Å². The van der Waals surface area contributed by atoms with Gasteiger partial charge in [-0.1, -0.05) is 12.1 Å². The summed E-state index contributed by atoms with van der Waals surface area (Å²) in [5, 5.41) is 2.78. The van der Waals surface area contributed by atoms with E-state index in [1.54, 1.807) is 23.1 Å². The van der Waals surface area contributed by atoms with Crippen molar-refractivity contribution in [2.75, 3.05) is 16.8 Å². The van der Waals surface area contributed by atoms with E-state index in [-0.39, 0.29) is 17.6 Å². The largest absolute Gasteiger partial charge is 0.459 e. The first-order chi connectivity index (χ1) is 9.75. The van der Waals surface area contributed by atoms with Gasteiger partial charge in [0.05, 0.1) is 17.6 Å². The van der Waals surface area contributed by atoms with Crippen LogP contribution in [0.2, 0.25) is 0 Å². The highest BCUT2D eigenvalue weighted by Crippen LogP contribution is 2.29. The fourth-order valence-corrected chi connectivity index (χ4v) is 2.31. The van der Waals surface area contributed by atoms with Crippen LogP contribution in [0.5, 0.6) is 0 Å². The maximum atomic E-state index is 12.0. The van der Waals surface area contributed by atoms with Crippen LogP contribution in [0.4, 0.5) is 11.4 Å². The molecule has 2 aromatic rings. The van der Waals surface area contributed by atoms with Gasteiger partial charge in [-0.25, -0.2) is 0 Å². The molecule has 1 aliphatic rings. The van der Waals surface area contributed by atoms with Gasteiger partial charge >= 0.3 is 0 Å². The first kappa shape index (κ1) is 12.5. The zero-order chi connectivity index (χ0) is 13.9. The summed E-state index contributed by atoms with van der Waals surface area (Å²) < 4.78 is 5.06. The van der Waals surface area contributed by atoms with E-state index >= 15 is 0 Å². The summed E-state index contributed by atoms with van der Waals surface area (Å²) >= 11 is 0. The molecule has 5 heteroatoms. The molecule has 0 spiro atoms. The Labute approximate surface area is 116 Å². The van der Waals surface area contributed by atoms with E-state index in [0.29, 0.717) is 18.7 Å². The maximum Gasteiger partial charge on any atom is 0.291 e. The van der Waals surface area contributed by atoms with Gasteiger partial charge in [-0.05, 0) is 30.7 Å². The maximum absolute atomic E-state index is 12.0. The molecule has 102 valence electrons. The second-order valence-electron chi connectivity index (χ2n) is 4.60. The Balaban J connectivity index is 1.86. The molecular formula is C15H14N2O3. The molecule has 1 N–H and O–H groups in total. The second kappa shape index (κ2) is 5.21. The first-order valence-electron chi connectivity index (χ1n) is 6.50. The summed E-state index contributed by atoms with van der Waals surface area (Å²) in [5.41, 5.74) is 1.35. The van der Waals surface area contributed by atoms with Gasteiger partial charge < -0.3 is 14.6 Å². The minimum atomic E-state index is -0.325. The number of hydrogen-bond acceptors (Lipinski definition) is 3. The molecule has 2 heterocycles. The highest BCUT2D eigenvalue weighted by Gasteiger charge is 2.24. The van der Waals surface area contributed by atoms with Gasteiger partial charge in [-0.15, -0.1) is 0 Å². The molecule has 1 aromatic carbocycles. The third kappa shape index (κ3) is 2.30. The molecule has 2 amide bonds. The molecule has 0 atom stereocenters. The molecule has 1 aromatic heterocycles. The predicted octanol–water partition coefficient (Wildman–Crippen LogP) is 2.66. The number of nitrogens with zero attached hydrogens (tertiary/aromatic N) is 1. The van der Waals surface area contributed by atoms with Crippen molar-refractivity contribution < 1.29 is 14.0 Å². The van der Waals surface area contributed by atoms with E-state index in [4.69, 9.17) is 4.42 Å². The summed E-state index contributed by atoms with van der Waals surface area (Å²) in [4.78, 5) is 25.6. The Morgan fingerprint density at radius 1 is 1.20 bits per heavy atom. The topological polar surface area (TPSA) is 62.6 Å². The Kier molecular flexibility index (Phi) is 3.25. The molecule has 5 nitrogen and oxygen atoms in total. The summed E-state index contributed by atoms with van der Waals surface area (Å²) in [6, 6.07) is 10.5. The van der Waals surface area contributed by atoms with Crippen LogP contribution in [0.1, 0.15) is 23.4 Å². The third-order valence-electron chi connectivity index (χ3n) is 3.26. The second-order valence-corrected chi connectivity index (χ2v) is 4.60. The Hall–Kier alpha value is -2.56. The van der Waals surface area contributed by atoms with E-state index < -0.39 is 0 Å². The van der Waals surface area contributed by atoms with Crippen LogP contribution < -0.4 is 10.2 Å². The quantitative estimate of drug-likeness (QED) is 0.932. The van der Waals surface area contributed by atoms with Crippen molar-refractivity contribution in [2.24, 2.45) is 0 Å². The average Bonchev–Trinajstić information content (AvgIpc) is 3.10. The molecule has 0 aliphatic carbocycles. The van der Waals surface area contributed by atoms with Crippen molar-refractivity contribution in [3.8, 4) is 0 Å². The standard InChI is InChI=1S/C15H14N2O3/c18-14-8-3-9-17(14)12-6-2-1-5-11(12)16-15(19)13-7-4-10-20-13/h1-2,4-7,10H,3,8-9H2,(H,16,19). The normalized spacial score (nSPS) is 14.6. The van der Waals surface area contributed by atoms with Crippen molar-refractivity contribution in [3.05, 3.63) is 48.4 Å². The van der Waals surface area contributed by atoms with Crippen molar-refractivity contribution in [1.82, 2.24) is 0 Å². The van der Waals surface area contributed by atoms with Crippen LogP contribution in [-0.4, -0.2) is 18.4 Å². The Morgan fingerprint density at radius 3 is 2.75 bits per heavy atom. The number of amides is 2. The minimum absolute atomic E-state index is 0.0877. The number of furan rings is 1. The van der Waals surface area contributed by atoms with E-state index in [1.165, 1.54) is 6.26 Å². The number of benzene rings is 1. The van der Waals surface area contributed by atoms with E-state index in [0.717, 1.165) is 12.1 Å². The Bertz CT molecular complexity index is 634. The number of hydrogen-bond donors (Lipinski definition) is 1. The van der Waals surface area contributed by atoms with Crippen LogP contribution >= 0.6 is 0 Å². The van der Waals surface area contributed by atoms with Gasteiger partial charge in [0.1, 0.15) is 0 Å². The fraction of sp³-hybridized carbons (Fsp3) is 0.200. The average molecular weight is 270 g/mol. The van der Waals surface area contributed by atoms with E-state index in [9.17, 15) is 9.59 Å². The first-order valence-corrected chi connectivity index (χ1v) is 6.50. The van der Waals surface area contributed by atoms with Crippen LogP contribution in [0.3, 0.4) is 0 Å². The molecule has 0 bridgehead atoms. The smallest absolute Gasteiger partial charge is 0.291 e. The van der Waals surface area contributed by atoms with Crippen LogP contribution in [0, 0.1) is 0 Å². The lowest BCUT2D eigenvalue weighted by molar-refractivity contribution is -0.117. The molecule has 3 rings (SSSR count). The van der Waals surface area contributed by atoms with Gasteiger partial charge in [0.2, 0.25) is 5.91 Å². The third-order valence-corrected chi connectivity index (χ3v) is 3.26. The minimum Gasteiger partial charge on any atom is -0.459 e. The molecule has 1 saturated heterocycles. The molecule has 1 aliphatic heterocycles. The molecule has 20 heavy (non-hydrogen) atoms. The number of carbonyl (C=O) groups excluding carboxylic acids is 2. The predicted molar refractivity (Wildman–Crippen MR) is 74.7 cm³/mol. The monoisotopic (exact) mass is 270 g/mol. The fourth-order valence-electron chi connectivity index (χ4n) is 2.31. The van der Waals surface area contributed by atoms with E-state index in [2.05, 4.69) is 5.32 Å². The van der Waals surface area contributed by atoms with Crippen LogP contribution in [0.25, 0.3) is 0 Å². The molecular weight excluding hydrogens is 256 g/mol. The van der Waals surface area contributed by atoms with Crippen molar-refractivity contribution >= 4 is 23.2 Å². The van der Waals surface area contributed by atoms with Gasteiger partial charge in [0.25, 0.3) is 5.91 Å². The Morgan fingerprint density at radius 2 is 2.05 bits per heavy atom. The lowest BCUT2D eigenvalue weighted by Gasteiger charge is -2.19. The highest BCUT2D eigenvalue weighted by atomic mass is 16.3. The summed E-state index contributed by atoms with van der Waals surface area (Å²) in [7, 11) is 0. The lowest BCUT2D eigenvalue weighted by Crippen LogP contribution is -2.25. The van der Waals surface area contributed by atoms with Gasteiger partial charge in [0.15, 0.2) is 5.76 Å². The molecule has 0 unspecified atom stereocenters. The van der Waals surface area contributed by atoms with Crippen molar-refractivity contribution in [2.45, 2.75) is 12.8 Å². The number of nitrogens with one attached hydrogen (secondary N) is 1. The number of carbonyl (C=O) groups is 2. The lowest BCUT2D eigenvalue weighted by atomic mass is 10.2. The molecule has 0 radical (unpaired) electrons. The number of rotatable bonds is 3. The molecule has 0 saturated carbocycles. The summed E-state index contributed by atoms with van der Waals surface area (Å²) in [6.07, 6.45) is 2.85. The SMILES string of the molecule is O=C(Nc1ccccc1N1CCCC1=O)c1ccco1. The zero-order valence-corrected chi connectivity index (χ0v) is 10.8. The van der Waals surface area contributed by atoms with E-state index in [1.807, 2.05) is 18.2 Å². The van der Waals surface area contributed by atoms with Gasteiger partial charge in [-0.3, -0.25) is 9.59 Å². The van der Waals surface area contributed by atoms with Gasteiger partial charge in [0, 0.05) is 13.0 Å². The summed E-state index contributed by atoms with van der Waals surface area (Å²) in [5.74, 6) is 0.00588. The van der Waals surface area contributed by atoms with Crippen molar-refractivity contribution in [3.63, 3.8) is 0 Å². The van der Waals surface area contributed by atoms with Crippen LogP contribution in [-0.2, 0) is 4.79 Å². The summed E-state index contributed by atoms with van der Waals surface area (Å²) in [6.45, 7) is 0.687. The zero-order valence-electron chi connectivity index (χ0n) is 10.8. The number of para-hydroxylation sites is 2.